The van der Waals surface area contributed by atoms with Gasteiger partial charge in [0.05, 0.1) is 6.61 Å². The molecule has 2 N–H and O–H groups in total. The van der Waals surface area contributed by atoms with Crippen LogP contribution in [0.15, 0.2) is 28.9 Å². The lowest BCUT2D eigenvalue weighted by molar-refractivity contribution is -0.130. The third kappa shape index (κ3) is 7.46. The molecule has 1 atom stereocenters. The van der Waals surface area contributed by atoms with Crippen LogP contribution in [0.4, 0.5) is 0 Å². The number of nitrogens with zero attached hydrogens (tertiary/aromatic N) is 3. The first kappa shape index (κ1) is 23.9. The molecule has 0 aromatic heterocycles. The predicted octanol–water partition coefficient (Wildman–Crippen LogP) is 2.34. The molecule has 1 aliphatic heterocycles. The molecule has 1 amide bonds. The third-order valence-electron chi connectivity index (χ3n) is 5.00. The molecule has 0 bridgehead atoms. The van der Waals surface area contributed by atoms with Gasteiger partial charge in [-0.1, -0.05) is 19.4 Å². The highest BCUT2D eigenvalue weighted by atomic mass is 16.5. The summed E-state index contributed by atoms with van der Waals surface area (Å²) in [5, 5.41) is 0. The number of carbonyl (C=O) groups is 2. The molecule has 7 nitrogen and oxygen atoms in total. The summed E-state index contributed by atoms with van der Waals surface area (Å²) in [5.41, 5.74) is 8.11. The Labute approximate surface area is 169 Å². The molecule has 0 spiro atoms. The SMILES string of the molecule is C=CCC(CC=O)C(N=C(N)N(C)CCOC)=C1CCN(C(=O)CCCC)C1. The number of likely N-dealkylation sites (N-methyl/N-ethyl adjacent to an activating group) is 1. The fraction of sp³-hybridized carbons (Fsp3) is 0.667. The van der Waals surface area contributed by atoms with E-state index in [1.807, 2.05) is 16.8 Å². The first-order valence-electron chi connectivity index (χ1n) is 10.1. The molecular formula is C21H36N4O3. The van der Waals surface area contributed by atoms with Gasteiger partial charge in [-0.2, -0.15) is 0 Å². The van der Waals surface area contributed by atoms with Gasteiger partial charge >= 0.3 is 0 Å². The maximum atomic E-state index is 12.4. The number of likely N-dealkylation sites (tertiary alicyclic amines) is 1. The molecule has 0 aliphatic carbocycles. The summed E-state index contributed by atoms with van der Waals surface area (Å²) in [4.78, 5) is 32.0. The van der Waals surface area contributed by atoms with E-state index in [1.54, 1.807) is 13.2 Å². The maximum absolute atomic E-state index is 12.4. The standard InChI is InChI=1S/C21H36N4O3/c1-5-7-9-19(27)25-12-10-18(16-25)20(17(8-6-2)11-14-26)23-21(22)24(3)13-15-28-4/h6,14,17H,2,5,7-13,15-16H2,1,3-4H3,(H2,22,23). The molecule has 158 valence electrons. The molecule has 1 aliphatic rings. The van der Waals surface area contributed by atoms with Crippen molar-refractivity contribution >= 4 is 18.2 Å². The van der Waals surface area contributed by atoms with E-state index in [-0.39, 0.29) is 11.8 Å². The van der Waals surface area contributed by atoms with Crippen LogP contribution in [0.5, 0.6) is 0 Å². The van der Waals surface area contributed by atoms with Crippen LogP contribution in [-0.4, -0.2) is 68.4 Å². The summed E-state index contributed by atoms with van der Waals surface area (Å²) >= 11 is 0. The zero-order chi connectivity index (χ0) is 20.9. The Morgan fingerprint density at radius 1 is 1.46 bits per heavy atom. The summed E-state index contributed by atoms with van der Waals surface area (Å²) < 4.78 is 5.10. The summed E-state index contributed by atoms with van der Waals surface area (Å²) in [6.07, 6.45) is 6.95. The van der Waals surface area contributed by atoms with Gasteiger partial charge in [0.25, 0.3) is 0 Å². The van der Waals surface area contributed by atoms with E-state index in [0.717, 1.165) is 36.8 Å². The molecule has 1 fully saturated rings. The minimum absolute atomic E-state index is 0.0786. The van der Waals surface area contributed by atoms with Gasteiger partial charge in [0.1, 0.15) is 6.29 Å². The second-order valence-electron chi connectivity index (χ2n) is 7.17. The van der Waals surface area contributed by atoms with E-state index in [4.69, 9.17) is 15.5 Å². The number of rotatable bonds is 12. The Bertz CT molecular complexity index is 576. The molecule has 0 aromatic carbocycles. The largest absolute Gasteiger partial charge is 0.383 e. The molecule has 0 radical (unpaired) electrons. The van der Waals surface area contributed by atoms with Crippen molar-refractivity contribution in [2.24, 2.45) is 16.6 Å². The number of aldehydes is 1. The molecule has 0 saturated carbocycles. The van der Waals surface area contributed by atoms with Crippen LogP contribution in [0.1, 0.15) is 45.4 Å². The summed E-state index contributed by atoms with van der Waals surface area (Å²) in [7, 11) is 3.50. The second kappa shape index (κ2) is 13.1. The minimum Gasteiger partial charge on any atom is -0.383 e. The molecule has 1 heterocycles. The number of amides is 1. The van der Waals surface area contributed by atoms with Crippen LogP contribution in [-0.2, 0) is 14.3 Å². The van der Waals surface area contributed by atoms with E-state index < -0.39 is 0 Å². The lowest BCUT2D eigenvalue weighted by Gasteiger charge is -2.22. The van der Waals surface area contributed by atoms with Gasteiger partial charge in [0.15, 0.2) is 5.96 Å². The van der Waals surface area contributed by atoms with Gasteiger partial charge in [-0.15, -0.1) is 6.58 Å². The Morgan fingerprint density at radius 3 is 2.82 bits per heavy atom. The monoisotopic (exact) mass is 392 g/mol. The van der Waals surface area contributed by atoms with Crippen LogP contribution in [0, 0.1) is 5.92 Å². The van der Waals surface area contributed by atoms with E-state index in [2.05, 4.69) is 13.5 Å². The third-order valence-corrected chi connectivity index (χ3v) is 5.00. The fourth-order valence-corrected chi connectivity index (χ4v) is 3.21. The lowest BCUT2D eigenvalue weighted by atomic mass is 9.94. The van der Waals surface area contributed by atoms with Crippen molar-refractivity contribution in [2.45, 2.75) is 45.4 Å². The molecule has 1 saturated heterocycles. The summed E-state index contributed by atoms with van der Waals surface area (Å²) in [6, 6.07) is 0. The van der Waals surface area contributed by atoms with Crippen molar-refractivity contribution in [3.8, 4) is 0 Å². The fourth-order valence-electron chi connectivity index (χ4n) is 3.21. The van der Waals surface area contributed by atoms with Gasteiger partial charge in [0, 0.05) is 58.2 Å². The first-order valence-corrected chi connectivity index (χ1v) is 10.1. The van der Waals surface area contributed by atoms with Crippen molar-refractivity contribution in [1.82, 2.24) is 9.80 Å². The summed E-state index contributed by atoms with van der Waals surface area (Å²) in [6.45, 7) is 8.31. The van der Waals surface area contributed by atoms with Gasteiger partial charge < -0.3 is 25.1 Å². The van der Waals surface area contributed by atoms with Gasteiger partial charge in [-0.05, 0) is 24.8 Å². The molecule has 0 aromatic rings. The predicted molar refractivity (Wildman–Crippen MR) is 113 cm³/mol. The highest BCUT2D eigenvalue weighted by molar-refractivity contribution is 5.79. The van der Waals surface area contributed by atoms with Crippen LogP contribution in [0.3, 0.4) is 0 Å². The molecule has 1 rings (SSSR count). The van der Waals surface area contributed by atoms with Crippen LogP contribution >= 0.6 is 0 Å². The Kier molecular flexibility index (Phi) is 11.2. The van der Waals surface area contributed by atoms with E-state index >= 15 is 0 Å². The maximum Gasteiger partial charge on any atom is 0.222 e. The van der Waals surface area contributed by atoms with Crippen LogP contribution < -0.4 is 5.73 Å². The molecule has 1 unspecified atom stereocenters. The van der Waals surface area contributed by atoms with Gasteiger partial charge in [0.2, 0.25) is 5.91 Å². The van der Waals surface area contributed by atoms with Crippen molar-refractivity contribution in [2.75, 3.05) is 40.4 Å². The number of ether oxygens (including phenoxy) is 1. The van der Waals surface area contributed by atoms with Crippen molar-refractivity contribution in [3.63, 3.8) is 0 Å². The average Bonchev–Trinajstić information content (AvgIpc) is 3.18. The first-order chi connectivity index (χ1) is 13.5. The highest BCUT2D eigenvalue weighted by Gasteiger charge is 2.26. The Morgan fingerprint density at radius 2 is 2.21 bits per heavy atom. The van der Waals surface area contributed by atoms with Crippen LogP contribution in [0.25, 0.3) is 0 Å². The van der Waals surface area contributed by atoms with Gasteiger partial charge in [-0.25, -0.2) is 4.99 Å². The van der Waals surface area contributed by atoms with Crippen molar-refractivity contribution in [1.29, 1.82) is 0 Å². The van der Waals surface area contributed by atoms with E-state index in [1.165, 1.54) is 0 Å². The number of hydrogen-bond acceptors (Lipinski definition) is 4. The Hall–Kier alpha value is -2.15. The van der Waals surface area contributed by atoms with Crippen molar-refractivity contribution in [3.05, 3.63) is 23.9 Å². The number of hydrogen-bond donors (Lipinski definition) is 1. The number of unbranched alkanes of at least 4 members (excludes halogenated alkanes) is 1. The number of methoxy groups -OCH3 is 1. The minimum atomic E-state index is -0.0786. The second-order valence-corrected chi connectivity index (χ2v) is 7.17. The molecule has 7 heteroatoms. The number of guanidine groups is 1. The van der Waals surface area contributed by atoms with E-state index in [0.29, 0.717) is 51.5 Å². The van der Waals surface area contributed by atoms with E-state index in [9.17, 15) is 9.59 Å². The van der Waals surface area contributed by atoms with Crippen LogP contribution in [0.2, 0.25) is 0 Å². The quantitative estimate of drug-likeness (QED) is 0.238. The lowest BCUT2D eigenvalue weighted by Crippen LogP contribution is -2.36. The van der Waals surface area contributed by atoms with Crippen molar-refractivity contribution < 1.29 is 14.3 Å². The number of allylic oxidation sites excluding steroid dienone is 2. The zero-order valence-corrected chi connectivity index (χ0v) is 17.7. The Balaban J connectivity index is 3.12. The van der Waals surface area contributed by atoms with Gasteiger partial charge in [-0.3, -0.25) is 4.79 Å². The highest BCUT2D eigenvalue weighted by Crippen LogP contribution is 2.29. The average molecular weight is 393 g/mol. The topological polar surface area (TPSA) is 88.2 Å². The number of carbonyl (C=O) groups excluding carboxylic acids is 2. The smallest absolute Gasteiger partial charge is 0.222 e. The summed E-state index contributed by atoms with van der Waals surface area (Å²) in [5.74, 6) is 0.487. The molecular weight excluding hydrogens is 356 g/mol. The molecule has 28 heavy (non-hydrogen) atoms. The normalized spacial score (nSPS) is 17.4. The number of aliphatic imine (C=N–C) groups is 1. The number of nitrogens with two attached hydrogens (primary N) is 1. The zero-order valence-electron chi connectivity index (χ0n) is 17.7.